The molecule has 0 aromatic carbocycles. The fraction of sp³-hybridized carbons (Fsp3) is 0.636. The van der Waals surface area contributed by atoms with Crippen molar-refractivity contribution in [2.45, 2.75) is 32.7 Å². The lowest BCUT2D eigenvalue weighted by molar-refractivity contribution is 0.689. The van der Waals surface area contributed by atoms with E-state index in [1.54, 1.807) is 6.20 Å². The summed E-state index contributed by atoms with van der Waals surface area (Å²) in [5.41, 5.74) is 0. The molecule has 0 aliphatic heterocycles. The molecule has 4 nitrogen and oxygen atoms in total. The summed E-state index contributed by atoms with van der Waals surface area (Å²) in [6.07, 6.45) is 4.45. The monoisotopic (exact) mass is 284 g/mol. The second kappa shape index (κ2) is 4.99. The maximum atomic E-state index is 4.43. The first-order chi connectivity index (χ1) is 7.70. The number of hydrogen-bond acceptors (Lipinski definition) is 4. The Kier molecular flexibility index (Phi) is 3.63. The normalized spacial score (nSPS) is 16.9. The third kappa shape index (κ3) is 2.84. The summed E-state index contributed by atoms with van der Waals surface area (Å²) in [4.78, 5) is 8.62. The van der Waals surface area contributed by atoms with Crippen molar-refractivity contribution < 1.29 is 0 Å². The third-order valence-electron chi connectivity index (χ3n) is 2.77. The molecule has 1 aromatic heterocycles. The van der Waals surface area contributed by atoms with Crippen molar-refractivity contribution in [3.8, 4) is 0 Å². The lowest BCUT2D eigenvalue weighted by Gasteiger charge is -2.15. The van der Waals surface area contributed by atoms with Crippen molar-refractivity contribution in [3.63, 3.8) is 0 Å². The number of halogens is 1. The molecule has 1 saturated carbocycles. The van der Waals surface area contributed by atoms with Crippen molar-refractivity contribution in [3.05, 3.63) is 10.7 Å². The van der Waals surface area contributed by atoms with Gasteiger partial charge in [-0.25, -0.2) is 4.98 Å². The second-order valence-corrected chi connectivity index (χ2v) is 5.05. The molecule has 1 unspecified atom stereocenters. The van der Waals surface area contributed by atoms with Crippen LogP contribution in [0.25, 0.3) is 0 Å². The molecule has 1 aliphatic rings. The second-order valence-electron chi connectivity index (χ2n) is 4.19. The summed E-state index contributed by atoms with van der Waals surface area (Å²) in [6, 6.07) is 0.487. The molecule has 0 bridgehead atoms. The van der Waals surface area contributed by atoms with Crippen LogP contribution in [0, 0.1) is 5.92 Å². The Hall–Kier alpha value is -0.840. The number of anilines is 2. The highest BCUT2D eigenvalue weighted by molar-refractivity contribution is 9.10. The summed E-state index contributed by atoms with van der Waals surface area (Å²) in [5, 5.41) is 6.54. The molecular formula is C11H17BrN4. The number of rotatable bonds is 5. The van der Waals surface area contributed by atoms with Crippen LogP contribution in [0.2, 0.25) is 0 Å². The van der Waals surface area contributed by atoms with Crippen LogP contribution < -0.4 is 10.6 Å². The fourth-order valence-electron chi connectivity index (χ4n) is 1.64. The minimum Gasteiger partial charge on any atom is -0.366 e. The zero-order valence-electron chi connectivity index (χ0n) is 9.63. The topological polar surface area (TPSA) is 49.8 Å². The van der Waals surface area contributed by atoms with Crippen LogP contribution in [-0.2, 0) is 0 Å². The van der Waals surface area contributed by atoms with Gasteiger partial charge in [-0.15, -0.1) is 0 Å². The van der Waals surface area contributed by atoms with Gasteiger partial charge in [0.1, 0.15) is 5.82 Å². The van der Waals surface area contributed by atoms with Crippen LogP contribution >= 0.6 is 15.9 Å². The van der Waals surface area contributed by atoms with E-state index >= 15 is 0 Å². The Morgan fingerprint density at radius 1 is 1.56 bits per heavy atom. The summed E-state index contributed by atoms with van der Waals surface area (Å²) in [7, 11) is 0. The summed E-state index contributed by atoms with van der Waals surface area (Å²) >= 11 is 3.46. The zero-order valence-corrected chi connectivity index (χ0v) is 11.2. The van der Waals surface area contributed by atoms with Crippen LogP contribution in [-0.4, -0.2) is 22.6 Å². The standard InChI is InChI=1S/C11H17BrN4/c1-3-13-11-14-6-9(12)10(16-11)15-7(2)8-4-5-8/h6-8H,3-5H2,1-2H3,(H2,13,14,15,16). The first-order valence-electron chi connectivity index (χ1n) is 5.73. The van der Waals surface area contributed by atoms with E-state index in [1.165, 1.54) is 12.8 Å². The average Bonchev–Trinajstić information content (AvgIpc) is 3.07. The molecule has 1 atom stereocenters. The minimum atomic E-state index is 0.487. The molecule has 88 valence electrons. The van der Waals surface area contributed by atoms with Crippen LogP contribution in [0.5, 0.6) is 0 Å². The van der Waals surface area contributed by atoms with Crippen LogP contribution in [0.3, 0.4) is 0 Å². The molecule has 16 heavy (non-hydrogen) atoms. The van der Waals surface area contributed by atoms with Gasteiger partial charge in [-0.1, -0.05) is 0 Å². The molecule has 0 radical (unpaired) electrons. The molecule has 0 amide bonds. The highest BCUT2D eigenvalue weighted by atomic mass is 79.9. The Bertz CT molecular complexity index is 365. The van der Waals surface area contributed by atoms with E-state index in [9.17, 15) is 0 Å². The van der Waals surface area contributed by atoms with Gasteiger partial charge in [0, 0.05) is 18.8 Å². The van der Waals surface area contributed by atoms with E-state index in [4.69, 9.17) is 0 Å². The number of nitrogens with one attached hydrogen (secondary N) is 2. The largest absolute Gasteiger partial charge is 0.366 e. The molecule has 1 aromatic rings. The van der Waals surface area contributed by atoms with Crippen molar-refractivity contribution in [2.24, 2.45) is 5.92 Å². The van der Waals surface area contributed by atoms with Gasteiger partial charge in [0.25, 0.3) is 0 Å². The van der Waals surface area contributed by atoms with Crippen LogP contribution in [0.15, 0.2) is 10.7 Å². The number of aromatic nitrogens is 2. The molecule has 0 spiro atoms. The van der Waals surface area contributed by atoms with Crippen molar-refractivity contribution in [1.82, 2.24) is 9.97 Å². The molecular weight excluding hydrogens is 268 g/mol. The van der Waals surface area contributed by atoms with Crippen LogP contribution in [0.1, 0.15) is 26.7 Å². The van der Waals surface area contributed by atoms with Gasteiger partial charge in [0.05, 0.1) is 4.47 Å². The Morgan fingerprint density at radius 3 is 2.94 bits per heavy atom. The summed E-state index contributed by atoms with van der Waals surface area (Å²) in [5.74, 6) is 2.37. The molecule has 1 aliphatic carbocycles. The molecule has 1 fully saturated rings. The average molecular weight is 285 g/mol. The summed E-state index contributed by atoms with van der Waals surface area (Å²) in [6.45, 7) is 5.07. The Labute approximate surface area is 104 Å². The highest BCUT2D eigenvalue weighted by Crippen LogP contribution is 2.34. The lowest BCUT2D eigenvalue weighted by Crippen LogP contribution is -2.19. The first-order valence-corrected chi connectivity index (χ1v) is 6.53. The first kappa shape index (κ1) is 11.6. The maximum Gasteiger partial charge on any atom is 0.224 e. The quantitative estimate of drug-likeness (QED) is 0.873. The van der Waals surface area contributed by atoms with Gasteiger partial charge in [0.2, 0.25) is 5.95 Å². The maximum absolute atomic E-state index is 4.43. The van der Waals surface area contributed by atoms with E-state index < -0.39 is 0 Å². The van der Waals surface area contributed by atoms with Crippen molar-refractivity contribution in [1.29, 1.82) is 0 Å². The predicted octanol–water partition coefficient (Wildman–Crippen LogP) is 2.88. The van der Waals surface area contributed by atoms with E-state index in [0.29, 0.717) is 12.0 Å². The molecule has 2 N–H and O–H groups in total. The van der Waals surface area contributed by atoms with Gasteiger partial charge >= 0.3 is 0 Å². The Balaban J connectivity index is 2.07. The van der Waals surface area contributed by atoms with E-state index in [0.717, 1.165) is 22.8 Å². The SMILES string of the molecule is CCNc1ncc(Br)c(NC(C)C2CC2)n1. The van der Waals surface area contributed by atoms with E-state index in [2.05, 4.69) is 43.5 Å². The predicted molar refractivity (Wildman–Crippen MR) is 69.7 cm³/mol. The Morgan fingerprint density at radius 2 is 2.31 bits per heavy atom. The molecule has 0 saturated heterocycles. The smallest absolute Gasteiger partial charge is 0.224 e. The summed E-state index contributed by atoms with van der Waals surface area (Å²) < 4.78 is 0.918. The lowest BCUT2D eigenvalue weighted by atomic mass is 10.2. The van der Waals surface area contributed by atoms with Gasteiger partial charge in [-0.05, 0) is 48.5 Å². The fourth-order valence-corrected chi connectivity index (χ4v) is 1.95. The van der Waals surface area contributed by atoms with Gasteiger partial charge in [-0.3, -0.25) is 0 Å². The van der Waals surface area contributed by atoms with Crippen molar-refractivity contribution in [2.75, 3.05) is 17.2 Å². The van der Waals surface area contributed by atoms with Gasteiger partial charge in [0.15, 0.2) is 0 Å². The number of hydrogen-bond donors (Lipinski definition) is 2. The number of nitrogens with zero attached hydrogens (tertiary/aromatic N) is 2. The minimum absolute atomic E-state index is 0.487. The van der Waals surface area contributed by atoms with E-state index in [1.807, 2.05) is 6.92 Å². The third-order valence-corrected chi connectivity index (χ3v) is 3.35. The van der Waals surface area contributed by atoms with Gasteiger partial charge < -0.3 is 10.6 Å². The molecule has 1 heterocycles. The highest BCUT2D eigenvalue weighted by Gasteiger charge is 2.28. The van der Waals surface area contributed by atoms with Crippen molar-refractivity contribution >= 4 is 27.7 Å². The zero-order chi connectivity index (χ0) is 11.5. The molecule has 2 rings (SSSR count). The molecule has 5 heteroatoms. The van der Waals surface area contributed by atoms with Crippen LogP contribution in [0.4, 0.5) is 11.8 Å². The van der Waals surface area contributed by atoms with E-state index in [-0.39, 0.29) is 0 Å². The van der Waals surface area contributed by atoms with Gasteiger partial charge in [-0.2, -0.15) is 4.98 Å².